The first-order valence-corrected chi connectivity index (χ1v) is 6.30. The molecule has 0 spiro atoms. The molecule has 1 aromatic heterocycles. The lowest BCUT2D eigenvalue weighted by Gasteiger charge is -2.06. The Bertz CT molecular complexity index is 751. The number of nitrogens with zero attached hydrogens (tertiary/aromatic N) is 2. The molecular formula is C14H8Cl2N2O. The molecule has 0 saturated heterocycles. The molecule has 2 aromatic carbocycles. The zero-order valence-electron chi connectivity index (χ0n) is 9.64. The van der Waals surface area contributed by atoms with Crippen molar-refractivity contribution in [3.05, 3.63) is 52.8 Å². The van der Waals surface area contributed by atoms with Gasteiger partial charge in [0.25, 0.3) is 0 Å². The largest absolute Gasteiger partial charge is 0.505 e. The molecule has 0 fully saturated rings. The molecule has 3 rings (SSSR count). The van der Waals surface area contributed by atoms with Gasteiger partial charge in [0.05, 0.1) is 21.1 Å². The highest BCUT2D eigenvalue weighted by Gasteiger charge is 2.08. The Labute approximate surface area is 119 Å². The number of phenolic OH excluding ortho intramolecular Hbond substituents is 1. The number of hydrogen-bond donors (Lipinski definition) is 1. The average Bonchev–Trinajstić information content (AvgIpc) is 2.43. The van der Waals surface area contributed by atoms with Crippen LogP contribution in [0.5, 0.6) is 5.75 Å². The summed E-state index contributed by atoms with van der Waals surface area (Å²) in [5.74, 6) is -0.104. The van der Waals surface area contributed by atoms with Gasteiger partial charge in [-0.2, -0.15) is 0 Å². The summed E-state index contributed by atoms with van der Waals surface area (Å²) in [5, 5.41) is 10.0. The van der Waals surface area contributed by atoms with Gasteiger partial charge in [-0.3, -0.25) is 9.97 Å². The van der Waals surface area contributed by atoms with Gasteiger partial charge in [-0.1, -0.05) is 29.3 Å². The molecule has 0 bridgehead atoms. The lowest BCUT2D eigenvalue weighted by molar-refractivity contribution is 0.476. The minimum Gasteiger partial charge on any atom is -0.505 e. The van der Waals surface area contributed by atoms with Gasteiger partial charge in [0.15, 0.2) is 5.75 Å². The van der Waals surface area contributed by atoms with Gasteiger partial charge >= 0.3 is 0 Å². The summed E-state index contributed by atoms with van der Waals surface area (Å²) in [5.41, 5.74) is 3.35. The molecule has 0 saturated carbocycles. The van der Waals surface area contributed by atoms with E-state index in [1.54, 1.807) is 24.5 Å². The molecule has 19 heavy (non-hydrogen) atoms. The molecule has 3 aromatic rings. The van der Waals surface area contributed by atoms with Crippen LogP contribution in [-0.4, -0.2) is 15.1 Å². The fraction of sp³-hybridized carbons (Fsp3) is 0. The van der Waals surface area contributed by atoms with Crippen LogP contribution < -0.4 is 0 Å². The van der Waals surface area contributed by atoms with Crippen molar-refractivity contribution in [2.45, 2.75) is 0 Å². The van der Waals surface area contributed by atoms with Gasteiger partial charge in [0.2, 0.25) is 0 Å². The summed E-state index contributed by atoms with van der Waals surface area (Å²) in [4.78, 5) is 8.46. The predicted molar refractivity (Wildman–Crippen MR) is 76.7 cm³/mol. The van der Waals surface area contributed by atoms with Crippen LogP contribution in [0.25, 0.3) is 22.2 Å². The molecular weight excluding hydrogens is 283 g/mol. The zero-order chi connectivity index (χ0) is 13.4. The smallest absolute Gasteiger partial charge is 0.152 e. The summed E-state index contributed by atoms with van der Waals surface area (Å²) in [7, 11) is 0. The van der Waals surface area contributed by atoms with Crippen molar-refractivity contribution < 1.29 is 5.11 Å². The molecule has 0 radical (unpaired) electrons. The lowest BCUT2D eigenvalue weighted by Crippen LogP contribution is -1.84. The number of rotatable bonds is 1. The molecule has 94 valence electrons. The Hall–Kier alpha value is -1.84. The summed E-state index contributed by atoms with van der Waals surface area (Å²) >= 11 is 11.8. The van der Waals surface area contributed by atoms with Crippen LogP contribution in [0.2, 0.25) is 10.0 Å². The van der Waals surface area contributed by atoms with Gasteiger partial charge < -0.3 is 5.11 Å². The third kappa shape index (κ3) is 2.23. The second-order valence-electron chi connectivity index (χ2n) is 4.05. The maximum Gasteiger partial charge on any atom is 0.152 e. The Balaban J connectivity index is 2.19. The standard InChI is InChI=1S/C14H8Cl2N2O/c15-10-5-9(6-11(16)14(10)19)8-1-2-12-13(7-8)18-4-3-17-12/h1-7,19H. The van der Waals surface area contributed by atoms with Crippen LogP contribution in [0.4, 0.5) is 0 Å². The number of aromatic hydroxyl groups is 1. The van der Waals surface area contributed by atoms with Crippen molar-refractivity contribution in [1.82, 2.24) is 9.97 Å². The number of phenols is 1. The number of halogens is 2. The van der Waals surface area contributed by atoms with E-state index in [-0.39, 0.29) is 15.8 Å². The van der Waals surface area contributed by atoms with Crippen LogP contribution >= 0.6 is 23.2 Å². The van der Waals surface area contributed by atoms with Gasteiger partial charge in [0.1, 0.15) is 0 Å². The highest BCUT2D eigenvalue weighted by molar-refractivity contribution is 6.37. The molecule has 0 aliphatic rings. The first kappa shape index (κ1) is 12.2. The molecule has 1 heterocycles. The quantitative estimate of drug-likeness (QED) is 0.726. The topological polar surface area (TPSA) is 46.0 Å². The minimum atomic E-state index is -0.104. The fourth-order valence-corrected chi connectivity index (χ4v) is 2.36. The number of fused-ring (bicyclic) bond motifs is 1. The van der Waals surface area contributed by atoms with E-state index < -0.39 is 0 Å². The van der Waals surface area contributed by atoms with Crippen molar-refractivity contribution in [3.8, 4) is 16.9 Å². The summed E-state index contributed by atoms with van der Waals surface area (Å²) in [6, 6.07) is 9.03. The Morgan fingerprint density at radius 3 is 2.11 bits per heavy atom. The van der Waals surface area contributed by atoms with Gasteiger partial charge in [-0.25, -0.2) is 0 Å². The van der Waals surface area contributed by atoms with Crippen LogP contribution in [-0.2, 0) is 0 Å². The van der Waals surface area contributed by atoms with E-state index in [2.05, 4.69) is 9.97 Å². The SMILES string of the molecule is Oc1c(Cl)cc(-c2ccc3nccnc3c2)cc1Cl. The first-order chi connectivity index (χ1) is 9.15. The molecule has 0 aliphatic heterocycles. The maximum absolute atomic E-state index is 9.56. The summed E-state index contributed by atoms with van der Waals surface area (Å²) in [6.07, 6.45) is 3.29. The number of hydrogen-bond acceptors (Lipinski definition) is 3. The maximum atomic E-state index is 9.56. The normalized spacial score (nSPS) is 10.8. The van der Waals surface area contributed by atoms with E-state index in [1.807, 2.05) is 18.2 Å². The van der Waals surface area contributed by atoms with Crippen molar-refractivity contribution >= 4 is 34.2 Å². The van der Waals surface area contributed by atoms with Crippen molar-refractivity contribution in [1.29, 1.82) is 0 Å². The predicted octanol–water partition coefficient (Wildman–Crippen LogP) is 4.31. The third-order valence-corrected chi connectivity index (χ3v) is 3.40. The molecule has 0 atom stereocenters. The van der Waals surface area contributed by atoms with E-state index >= 15 is 0 Å². The van der Waals surface area contributed by atoms with Crippen LogP contribution in [0.3, 0.4) is 0 Å². The van der Waals surface area contributed by atoms with E-state index in [9.17, 15) is 5.11 Å². The monoisotopic (exact) mass is 290 g/mol. The summed E-state index contributed by atoms with van der Waals surface area (Å²) in [6.45, 7) is 0. The minimum absolute atomic E-state index is 0.104. The van der Waals surface area contributed by atoms with Crippen LogP contribution in [0.15, 0.2) is 42.7 Å². The van der Waals surface area contributed by atoms with Gasteiger partial charge in [0, 0.05) is 12.4 Å². The zero-order valence-corrected chi connectivity index (χ0v) is 11.2. The highest BCUT2D eigenvalue weighted by atomic mass is 35.5. The lowest BCUT2D eigenvalue weighted by atomic mass is 10.0. The van der Waals surface area contributed by atoms with E-state index in [4.69, 9.17) is 23.2 Å². The van der Waals surface area contributed by atoms with E-state index in [0.29, 0.717) is 0 Å². The molecule has 0 aliphatic carbocycles. The third-order valence-electron chi connectivity index (χ3n) is 2.82. The average molecular weight is 291 g/mol. The summed E-state index contributed by atoms with van der Waals surface area (Å²) < 4.78 is 0. The van der Waals surface area contributed by atoms with Crippen molar-refractivity contribution in [3.63, 3.8) is 0 Å². The second-order valence-corrected chi connectivity index (χ2v) is 4.86. The Kier molecular flexibility index (Phi) is 3.01. The Morgan fingerprint density at radius 2 is 1.42 bits per heavy atom. The molecule has 0 amide bonds. The fourth-order valence-electron chi connectivity index (χ4n) is 1.88. The molecule has 3 nitrogen and oxygen atoms in total. The second kappa shape index (κ2) is 4.68. The first-order valence-electron chi connectivity index (χ1n) is 5.54. The van der Waals surface area contributed by atoms with Crippen molar-refractivity contribution in [2.75, 3.05) is 0 Å². The van der Waals surface area contributed by atoms with Gasteiger partial charge in [-0.15, -0.1) is 0 Å². The molecule has 5 heteroatoms. The van der Waals surface area contributed by atoms with Crippen molar-refractivity contribution in [2.24, 2.45) is 0 Å². The molecule has 1 N–H and O–H groups in total. The Morgan fingerprint density at radius 1 is 0.789 bits per heavy atom. The number of aromatic nitrogens is 2. The van der Waals surface area contributed by atoms with Crippen LogP contribution in [0.1, 0.15) is 0 Å². The van der Waals surface area contributed by atoms with E-state index in [0.717, 1.165) is 22.2 Å². The van der Waals surface area contributed by atoms with Crippen LogP contribution in [0, 0.1) is 0 Å². The van der Waals surface area contributed by atoms with E-state index in [1.165, 1.54) is 0 Å². The van der Waals surface area contributed by atoms with Gasteiger partial charge in [-0.05, 0) is 35.4 Å². The molecule has 0 unspecified atom stereocenters. The number of benzene rings is 2. The highest BCUT2D eigenvalue weighted by Crippen LogP contribution is 2.36.